The Kier molecular flexibility index (Phi) is 6.67. The van der Waals surface area contributed by atoms with Gasteiger partial charge in [0.2, 0.25) is 5.91 Å². The third-order valence-corrected chi connectivity index (χ3v) is 4.83. The minimum absolute atomic E-state index is 0.0362. The summed E-state index contributed by atoms with van der Waals surface area (Å²) < 4.78 is 10.9. The largest absolute Gasteiger partial charge is 0.491 e. The van der Waals surface area contributed by atoms with Crippen LogP contribution in [0.4, 0.5) is 0 Å². The number of piperidine rings is 1. The molecule has 2 fully saturated rings. The van der Waals surface area contributed by atoms with Gasteiger partial charge in [0.25, 0.3) is 0 Å². The summed E-state index contributed by atoms with van der Waals surface area (Å²) >= 11 is 0. The van der Waals surface area contributed by atoms with Gasteiger partial charge < -0.3 is 19.5 Å². The van der Waals surface area contributed by atoms with Crippen LogP contribution >= 0.6 is 0 Å². The number of likely N-dealkylation sites (tertiary alicyclic amines) is 1. The van der Waals surface area contributed by atoms with Gasteiger partial charge >= 0.3 is 0 Å². The van der Waals surface area contributed by atoms with E-state index in [1.165, 1.54) is 0 Å². The fraction of sp³-hybridized carbons (Fsp3) is 0.632. The van der Waals surface area contributed by atoms with Gasteiger partial charge in [0.1, 0.15) is 18.5 Å². The molecule has 2 atom stereocenters. The van der Waals surface area contributed by atoms with Crippen LogP contribution < -0.4 is 4.74 Å². The van der Waals surface area contributed by atoms with Gasteiger partial charge in [-0.15, -0.1) is 0 Å². The van der Waals surface area contributed by atoms with Crippen molar-refractivity contribution in [1.82, 2.24) is 9.80 Å². The lowest BCUT2D eigenvalue weighted by atomic mass is 9.96. The number of nitrogens with zero attached hydrogens (tertiary/aromatic N) is 2. The first-order valence-corrected chi connectivity index (χ1v) is 9.17. The van der Waals surface area contributed by atoms with Gasteiger partial charge in [0.15, 0.2) is 0 Å². The first-order valence-electron chi connectivity index (χ1n) is 9.17. The van der Waals surface area contributed by atoms with E-state index in [9.17, 15) is 9.90 Å². The summed E-state index contributed by atoms with van der Waals surface area (Å²) in [7, 11) is 0. The van der Waals surface area contributed by atoms with Gasteiger partial charge in [-0.2, -0.15) is 0 Å². The number of hydrogen-bond acceptors (Lipinski definition) is 5. The number of rotatable bonds is 6. The molecular formula is C19H28N2O4. The third kappa shape index (κ3) is 5.42. The highest BCUT2D eigenvalue weighted by Crippen LogP contribution is 2.20. The maximum Gasteiger partial charge on any atom is 0.227 e. The van der Waals surface area contributed by atoms with Crippen molar-refractivity contribution in [3.8, 4) is 5.75 Å². The number of ether oxygens (including phenoxy) is 2. The lowest BCUT2D eigenvalue weighted by Gasteiger charge is -2.36. The molecule has 2 unspecified atom stereocenters. The smallest absolute Gasteiger partial charge is 0.227 e. The second kappa shape index (κ2) is 9.17. The number of morpholine rings is 1. The second-order valence-electron chi connectivity index (χ2n) is 6.81. The van der Waals surface area contributed by atoms with Crippen LogP contribution in [0.2, 0.25) is 0 Å². The Bertz CT molecular complexity index is 533. The minimum atomic E-state index is -0.558. The summed E-state index contributed by atoms with van der Waals surface area (Å²) in [5, 5.41) is 10.3. The van der Waals surface area contributed by atoms with Crippen LogP contribution in [0.15, 0.2) is 30.3 Å². The molecule has 0 saturated carbocycles. The van der Waals surface area contributed by atoms with E-state index in [0.29, 0.717) is 32.8 Å². The van der Waals surface area contributed by atoms with Crippen molar-refractivity contribution in [2.24, 2.45) is 5.92 Å². The van der Waals surface area contributed by atoms with Crippen LogP contribution in [0.5, 0.6) is 5.75 Å². The van der Waals surface area contributed by atoms with Crippen molar-refractivity contribution in [3.63, 3.8) is 0 Å². The van der Waals surface area contributed by atoms with Gasteiger partial charge in [0, 0.05) is 26.2 Å². The molecule has 0 radical (unpaired) electrons. The molecule has 1 amide bonds. The zero-order valence-corrected chi connectivity index (χ0v) is 14.7. The van der Waals surface area contributed by atoms with Crippen molar-refractivity contribution < 1.29 is 19.4 Å². The number of carbonyl (C=O) groups is 1. The Labute approximate surface area is 149 Å². The van der Waals surface area contributed by atoms with Crippen LogP contribution in [-0.2, 0) is 9.53 Å². The molecule has 1 aromatic carbocycles. The Morgan fingerprint density at radius 2 is 2.00 bits per heavy atom. The van der Waals surface area contributed by atoms with Crippen LogP contribution in [0, 0.1) is 5.92 Å². The van der Waals surface area contributed by atoms with Gasteiger partial charge in [-0.3, -0.25) is 9.69 Å². The molecule has 1 N–H and O–H groups in total. The molecule has 0 bridgehead atoms. The Morgan fingerprint density at radius 3 is 2.76 bits per heavy atom. The zero-order valence-electron chi connectivity index (χ0n) is 14.7. The summed E-state index contributed by atoms with van der Waals surface area (Å²) in [5.74, 6) is 1.04. The van der Waals surface area contributed by atoms with Crippen LogP contribution in [-0.4, -0.2) is 79.5 Å². The number of amides is 1. The normalized spacial score (nSPS) is 23.2. The average Bonchev–Trinajstić information content (AvgIpc) is 2.67. The van der Waals surface area contributed by atoms with Crippen molar-refractivity contribution in [2.45, 2.75) is 18.9 Å². The summed E-state index contributed by atoms with van der Waals surface area (Å²) in [5.41, 5.74) is 0. The number of aliphatic hydroxyl groups excluding tert-OH is 1. The topological polar surface area (TPSA) is 62.2 Å². The lowest BCUT2D eigenvalue weighted by molar-refractivity contribution is -0.141. The number of benzene rings is 1. The van der Waals surface area contributed by atoms with E-state index < -0.39 is 6.10 Å². The van der Waals surface area contributed by atoms with Crippen molar-refractivity contribution in [1.29, 1.82) is 0 Å². The number of aliphatic hydroxyl groups is 1. The van der Waals surface area contributed by atoms with Gasteiger partial charge in [0.05, 0.1) is 19.1 Å². The van der Waals surface area contributed by atoms with Crippen LogP contribution in [0.25, 0.3) is 0 Å². The van der Waals surface area contributed by atoms with Crippen molar-refractivity contribution in [3.05, 3.63) is 30.3 Å². The third-order valence-electron chi connectivity index (χ3n) is 4.83. The molecule has 2 aliphatic rings. The summed E-state index contributed by atoms with van der Waals surface area (Å²) in [4.78, 5) is 16.8. The predicted octanol–water partition coefficient (Wildman–Crippen LogP) is 0.997. The van der Waals surface area contributed by atoms with Crippen molar-refractivity contribution >= 4 is 5.91 Å². The molecule has 1 aromatic rings. The quantitative estimate of drug-likeness (QED) is 0.831. The summed E-state index contributed by atoms with van der Waals surface area (Å²) in [6.07, 6.45) is 1.37. The monoisotopic (exact) mass is 348 g/mol. The van der Waals surface area contributed by atoms with E-state index in [2.05, 4.69) is 4.90 Å². The Balaban J connectivity index is 1.43. The zero-order chi connectivity index (χ0) is 17.5. The van der Waals surface area contributed by atoms with E-state index in [1.807, 2.05) is 35.2 Å². The van der Waals surface area contributed by atoms with Gasteiger partial charge in [-0.05, 0) is 31.5 Å². The molecule has 138 valence electrons. The first-order chi connectivity index (χ1) is 12.2. The Hall–Kier alpha value is -1.63. The minimum Gasteiger partial charge on any atom is -0.491 e. The van der Waals surface area contributed by atoms with Gasteiger partial charge in [-0.25, -0.2) is 0 Å². The molecule has 0 spiro atoms. The predicted molar refractivity (Wildman–Crippen MR) is 94.5 cm³/mol. The molecule has 0 aliphatic carbocycles. The molecule has 0 aromatic heterocycles. The van der Waals surface area contributed by atoms with Crippen LogP contribution in [0.3, 0.4) is 0 Å². The molecule has 3 rings (SSSR count). The highest BCUT2D eigenvalue weighted by Gasteiger charge is 2.30. The maximum absolute atomic E-state index is 12.7. The summed E-state index contributed by atoms with van der Waals surface area (Å²) in [6, 6.07) is 9.51. The van der Waals surface area contributed by atoms with Crippen molar-refractivity contribution in [2.75, 3.05) is 52.5 Å². The van der Waals surface area contributed by atoms with E-state index in [0.717, 1.165) is 31.7 Å². The fourth-order valence-corrected chi connectivity index (χ4v) is 3.52. The van der Waals surface area contributed by atoms with E-state index in [4.69, 9.17) is 9.47 Å². The van der Waals surface area contributed by atoms with Gasteiger partial charge in [-0.1, -0.05) is 18.2 Å². The molecule has 6 heteroatoms. The lowest BCUT2D eigenvalue weighted by Crippen LogP contribution is -2.49. The number of β-amino-alcohol motifs (C(OH)–C–C–N with tert-alkyl or cyclic N) is 1. The molecule has 25 heavy (non-hydrogen) atoms. The highest BCUT2D eigenvalue weighted by atomic mass is 16.5. The molecule has 6 nitrogen and oxygen atoms in total. The Morgan fingerprint density at radius 1 is 1.24 bits per heavy atom. The highest BCUT2D eigenvalue weighted by molar-refractivity contribution is 5.79. The fourth-order valence-electron chi connectivity index (χ4n) is 3.52. The van der Waals surface area contributed by atoms with Crippen LogP contribution in [0.1, 0.15) is 12.8 Å². The molecular weight excluding hydrogens is 320 g/mol. The second-order valence-corrected chi connectivity index (χ2v) is 6.81. The summed E-state index contributed by atoms with van der Waals surface area (Å²) in [6.45, 7) is 5.12. The molecule has 2 aliphatic heterocycles. The average molecular weight is 348 g/mol. The maximum atomic E-state index is 12.7. The standard InChI is InChI=1S/C19H28N2O4/c22-17(15-25-18-6-2-1-3-7-18)14-20-8-4-5-16(13-20)19(23)21-9-11-24-12-10-21/h1-3,6-7,16-17,22H,4-5,8-15H2. The van der Waals surface area contributed by atoms with E-state index in [-0.39, 0.29) is 18.4 Å². The number of carbonyl (C=O) groups excluding carboxylic acids is 1. The molecule has 2 saturated heterocycles. The number of para-hydroxylation sites is 1. The van der Waals surface area contributed by atoms with E-state index >= 15 is 0 Å². The van der Waals surface area contributed by atoms with E-state index in [1.54, 1.807) is 0 Å². The number of hydrogen-bond donors (Lipinski definition) is 1. The first kappa shape index (κ1) is 18.2. The SMILES string of the molecule is O=C(C1CCCN(CC(O)COc2ccccc2)C1)N1CCOCC1. The molecule has 2 heterocycles.